The minimum atomic E-state index is -3.85. The van der Waals surface area contributed by atoms with Crippen LogP contribution < -0.4 is 0 Å². The Morgan fingerprint density at radius 3 is 2.46 bits per heavy atom. The van der Waals surface area contributed by atoms with Crippen LogP contribution in [0.2, 0.25) is 5.02 Å². The van der Waals surface area contributed by atoms with Crippen molar-refractivity contribution in [1.29, 1.82) is 0 Å². The number of methoxy groups -OCH3 is 1. The lowest BCUT2D eigenvalue weighted by atomic mass is 9.97. The second-order valence-corrected chi connectivity index (χ2v) is 7.27. The summed E-state index contributed by atoms with van der Waals surface area (Å²) in [5.74, 6) is -6.28. The summed E-state index contributed by atoms with van der Waals surface area (Å²) in [7, 11) is 1.07. The van der Waals surface area contributed by atoms with E-state index < -0.39 is 29.8 Å². The van der Waals surface area contributed by atoms with E-state index in [1.54, 1.807) is 12.1 Å². The molecule has 0 radical (unpaired) electrons. The molecule has 3 aromatic rings. The van der Waals surface area contributed by atoms with Gasteiger partial charge in [-0.1, -0.05) is 33.6 Å². The van der Waals surface area contributed by atoms with Gasteiger partial charge in [-0.2, -0.15) is 13.5 Å². The van der Waals surface area contributed by atoms with Crippen molar-refractivity contribution in [2.45, 2.75) is 12.3 Å². The third-order valence-electron chi connectivity index (χ3n) is 4.24. The molecule has 1 aromatic heterocycles. The van der Waals surface area contributed by atoms with Crippen molar-refractivity contribution in [3.05, 3.63) is 68.8 Å². The maximum Gasteiger partial charge on any atom is 0.358 e. The fraction of sp³-hybridized carbons (Fsp3) is 0.158. The molecule has 0 aliphatic heterocycles. The number of rotatable bonds is 5. The second-order valence-electron chi connectivity index (χ2n) is 5.98. The van der Waals surface area contributed by atoms with E-state index in [-0.39, 0.29) is 22.0 Å². The van der Waals surface area contributed by atoms with Gasteiger partial charge in [-0.05, 0) is 36.4 Å². The first-order valence-electron chi connectivity index (χ1n) is 7.95. The maximum absolute atomic E-state index is 14.9. The summed E-state index contributed by atoms with van der Waals surface area (Å²) in [6.45, 7) is 0. The predicted octanol–water partition coefficient (Wildman–Crippen LogP) is 5.14. The molecule has 0 fully saturated rings. The van der Waals surface area contributed by atoms with E-state index in [1.165, 1.54) is 30.3 Å². The molecule has 0 spiro atoms. The van der Waals surface area contributed by atoms with Crippen LogP contribution in [0.5, 0.6) is 0 Å². The van der Waals surface area contributed by atoms with Gasteiger partial charge in [0.1, 0.15) is 0 Å². The summed E-state index contributed by atoms with van der Waals surface area (Å²) in [5.41, 5.74) is -0.766. The third-order valence-corrected chi connectivity index (χ3v) is 5.15. The van der Waals surface area contributed by atoms with Crippen molar-refractivity contribution < 1.29 is 28.3 Å². The lowest BCUT2D eigenvalue weighted by Crippen LogP contribution is -2.32. The molecule has 3 rings (SSSR count). The van der Waals surface area contributed by atoms with Crippen molar-refractivity contribution in [3.63, 3.8) is 0 Å². The first kappa shape index (κ1) is 20.3. The minimum Gasteiger partial charge on any atom is -0.464 e. The highest BCUT2D eigenvalue weighted by molar-refractivity contribution is 9.10. The molecule has 0 amide bonds. The number of hydrogen-bond acceptors (Lipinski definition) is 4. The lowest BCUT2D eigenvalue weighted by molar-refractivity contribution is 0.0103. The topological polar surface area (TPSA) is 68.5 Å². The summed E-state index contributed by atoms with van der Waals surface area (Å²) in [5, 5.41) is 10.8. The number of carbonyl (C=O) groups is 2. The molecular formula is C19H13BrClF2NO4. The fourth-order valence-electron chi connectivity index (χ4n) is 2.95. The van der Waals surface area contributed by atoms with Crippen molar-refractivity contribution in [1.82, 2.24) is 4.73 Å². The fourth-order valence-corrected chi connectivity index (χ4v) is 3.67. The summed E-state index contributed by atoms with van der Waals surface area (Å²) < 4.78 is 35.2. The molecule has 28 heavy (non-hydrogen) atoms. The largest absolute Gasteiger partial charge is 0.464 e. The molecule has 0 bridgehead atoms. The van der Waals surface area contributed by atoms with Crippen molar-refractivity contribution in [2.75, 3.05) is 7.11 Å². The highest BCUT2D eigenvalue weighted by Crippen LogP contribution is 2.36. The van der Waals surface area contributed by atoms with E-state index in [9.17, 15) is 23.6 Å². The van der Waals surface area contributed by atoms with Gasteiger partial charge in [0.2, 0.25) is 5.78 Å². The highest BCUT2D eigenvalue weighted by atomic mass is 79.9. The number of ketones is 1. The van der Waals surface area contributed by atoms with Gasteiger partial charge < -0.3 is 9.94 Å². The number of hydrogen-bond donors (Lipinski definition) is 1. The molecule has 146 valence electrons. The van der Waals surface area contributed by atoms with Gasteiger partial charge in [-0.25, -0.2) is 4.79 Å². The number of fused-ring (bicyclic) bond motifs is 1. The Bertz CT molecular complexity index is 1080. The molecule has 0 atom stereocenters. The third kappa shape index (κ3) is 3.49. The summed E-state index contributed by atoms with van der Waals surface area (Å²) >= 11 is 8.97. The lowest BCUT2D eigenvalue weighted by Gasteiger charge is -2.16. The number of alkyl halides is 2. The van der Waals surface area contributed by atoms with E-state index in [4.69, 9.17) is 11.6 Å². The van der Waals surface area contributed by atoms with E-state index in [1.807, 2.05) is 0 Å². The van der Waals surface area contributed by atoms with Crippen molar-refractivity contribution in [2.24, 2.45) is 0 Å². The number of nitrogens with zero attached hydrogens (tertiary/aromatic N) is 1. The van der Waals surface area contributed by atoms with Gasteiger partial charge in [0.05, 0.1) is 12.6 Å². The number of aromatic nitrogens is 1. The molecular weight excluding hydrogens is 460 g/mol. The Hall–Kier alpha value is -2.45. The Balaban J connectivity index is 2.13. The number of esters is 1. The minimum absolute atomic E-state index is 0.125. The molecule has 0 saturated carbocycles. The first-order valence-corrected chi connectivity index (χ1v) is 9.12. The number of benzene rings is 2. The van der Waals surface area contributed by atoms with Gasteiger partial charge in [0.25, 0.3) is 0 Å². The van der Waals surface area contributed by atoms with Crippen molar-refractivity contribution in [3.8, 4) is 0 Å². The zero-order chi connectivity index (χ0) is 20.6. The molecule has 1 heterocycles. The molecule has 2 aromatic carbocycles. The van der Waals surface area contributed by atoms with Gasteiger partial charge in [0, 0.05) is 32.4 Å². The molecule has 9 heteroatoms. The van der Waals surface area contributed by atoms with Crippen LogP contribution in [0.4, 0.5) is 8.78 Å². The Morgan fingerprint density at radius 1 is 1.21 bits per heavy atom. The summed E-state index contributed by atoms with van der Waals surface area (Å²) in [4.78, 5) is 24.5. The maximum atomic E-state index is 14.9. The van der Waals surface area contributed by atoms with Crippen LogP contribution in [0.15, 0.2) is 46.9 Å². The summed E-state index contributed by atoms with van der Waals surface area (Å²) in [6.07, 6.45) is -1.11. The molecule has 1 N–H and O–H groups in total. The van der Waals surface area contributed by atoms with Crippen molar-refractivity contribution >= 4 is 50.2 Å². The van der Waals surface area contributed by atoms with E-state index in [0.29, 0.717) is 14.2 Å². The number of ether oxygens (including phenoxy) is 1. The van der Waals surface area contributed by atoms with Crippen LogP contribution in [0.1, 0.15) is 26.4 Å². The van der Waals surface area contributed by atoms with Crippen LogP contribution in [0.25, 0.3) is 10.9 Å². The van der Waals surface area contributed by atoms with Gasteiger partial charge in [-0.3, -0.25) is 4.79 Å². The SMILES string of the molecule is COC(=O)c1c(CC(F)(F)C(=O)c2ccc(Cl)cc2)c2c(Br)cccc2n1O. The van der Waals surface area contributed by atoms with Gasteiger partial charge in [0.15, 0.2) is 5.69 Å². The van der Waals surface area contributed by atoms with Crippen LogP contribution in [-0.2, 0) is 11.2 Å². The molecule has 0 saturated heterocycles. The molecule has 0 unspecified atom stereocenters. The molecule has 5 nitrogen and oxygen atoms in total. The van der Waals surface area contributed by atoms with Crippen LogP contribution in [0, 0.1) is 0 Å². The number of halogens is 4. The highest BCUT2D eigenvalue weighted by Gasteiger charge is 2.42. The molecule has 0 aliphatic carbocycles. The van der Waals surface area contributed by atoms with Gasteiger partial charge >= 0.3 is 11.9 Å². The molecule has 0 aliphatic rings. The Morgan fingerprint density at radius 2 is 1.86 bits per heavy atom. The van der Waals surface area contributed by atoms with Crippen LogP contribution in [0.3, 0.4) is 0 Å². The Kier molecular flexibility index (Phi) is 5.45. The smallest absolute Gasteiger partial charge is 0.358 e. The van der Waals surface area contributed by atoms with E-state index in [0.717, 1.165) is 7.11 Å². The quantitative estimate of drug-likeness (QED) is 0.317. The van der Waals surface area contributed by atoms with E-state index >= 15 is 0 Å². The number of Topliss-reactive ketones (excluding diaryl/α,β-unsaturated/α-hetero) is 1. The zero-order valence-electron chi connectivity index (χ0n) is 14.4. The standard InChI is InChI=1S/C19H13BrClF2NO4/c1-28-18(26)16-12(15-13(20)3-2-4-14(15)24(16)27)9-19(22,23)17(25)10-5-7-11(21)8-6-10/h2-8,27H,9H2,1H3. The zero-order valence-corrected chi connectivity index (χ0v) is 16.7. The summed E-state index contributed by atoms with van der Waals surface area (Å²) in [6, 6.07) is 9.67. The predicted molar refractivity (Wildman–Crippen MR) is 103 cm³/mol. The Labute approximate surface area is 171 Å². The van der Waals surface area contributed by atoms with Crippen LogP contribution in [-0.4, -0.2) is 34.7 Å². The first-order chi connectivity index (χ1) is 13.2. The number of carbonyl (C=O) groups excluding carboxylic acids is 2. The monoisotopic (exact) mass is 471 g/mol. The van der Waals surface area contributed by atoms with Gasteiger partial charge in [-0.15, -0.1) is 0 Å². The second kappa shape index (κ2) is 7.52. The average molecular weight is 473 g/mol. The average Bonchev–Trinajstić information content (AvgIpc) is 2.93. The van der Waals surface area contributed by atoms with Crippen LogP contribution >= 0.6 is 27.5 Å². The van der Waals surface area contributed by atoms with E-state index in [2.05, 4.69) is 20.7 Å². The normalized spacial score (nSPS) is 11.6.